The summed E-state index contributed by atoms with van der Waals surface area (Å²) < 4.78 is 0. The maximum atomic E-state index is 11.3. The van der Waals surface area contributed by atoms with Crippen molar-refractivity contribution in [2.75, 3.05) is 19.0 Å². The van der Waals surface area contributed by atoms with Gasteiger partial charge in [-0.25, -0.2) is 4.79 Å². The molecule has 0 atom stereocenters. The van der Waals surface area contributed by atoms with Crippen molar-refractivity contribution in [3.8, 4) is 5.75 Å². The molecule has 0 saturated heterocycles. The van der Waals surface area contributed by atoms with Crippen LogP contribution in [0.1, 0.15) is 5.56 Å². The van der Waals surface area contributed by atoms with Crippen molar-refractivity contribution in [3.05, 3.63) is 23.8 Å². The number of carbonyl (C=O) groups excluding carboxylic acids is 1. The molecule has 1 aromatic rings. The van der Waals surface area contributed by atoms with Gasteiger partial charge in [-0.3, -0.25) is 4.90 Å². The zero-order valence-electron chi connectivity index (χ0n) is 8.53. The third-order valence-corrected chi connectivity index (χ3v) is 2.06. The van der Waals surface area contributed by atoms with Gasteiger partial charge < -0.3 is 10.4 Å². The number of anilines is 1. The van der Waals surface area contributed by atoms with E-state index in [9.17, 15) is 9.90 Å². The minimum atomic E-state index is -0.182. The first kappa shape index (κ1) is 10.4. The van der Waals surface area contributed by atoms with Gasteiger partial charge in [-0.05, 0) is 30.7 Å². The number of phenolic OH excluding ortho intramolecular Hbond substituents is 1. The number of nitrogens with one attached hydrogen (secondary N) is 1. The first-order valence-electron chi connectivity index (χ1n) is 4.31. The molecule has 4 heteroatoms. The lowest BCUT2D eigenvalue weighted by atomic mass is 10.2. The summed E-state index contributed by atoms with van der Waals surface area (Å²) in [4.78, 5) is 12.8. The SMILES string of the molecule is CNC(=O)N(C)c1ccc(O)cc1C. The highest BCUT2D eigenvalue weighted by atomic mass is 16.3. The minimum absolute atomic E-state index is 0.182. The summed E-state index contributed by atoms with van der Waals surface area (Å²) in [7, 11) is 3.26. The van der Waals surface area contributed by atoms with Crippen molar-refractivity contribution in [3.63, 3.8) is 0 Å². The van der Waals surface area contributed by atoms with Crippen LogP contribution in [0.5, 0.6) is 5.75 Å². The quantitative estimate of drug-likeness (QED) is 0.711. The molecule has 0 bridgehead atoms. The first-order chi connectivity index (χ1) is 6.56. The third-order valence-electron chi connectivity index (χ3n) is 2.06. The average molecular weight is 194 g/mol. The molecule has 0 unspecified atom stereocenters. The average Bonchev–Trinajstić information content (AvgIpc) is 2.15. The fourth-order valence-electron chi connectivity index (χ4n) is 1.29. The summed E-state index contributed by atoms with van der Waals surface area (Å²) in [6, 6.07) is 4.70. The predicted molar refractivity (Wildman–Crippen MR) is 55.7 cm³/mol. The van der Waals surface area contributed by atoms with E-state index in [2.05, 4.69) is 5.32 Å². The molecular weight excluding hydrogens is 180 g/mol. The molecule has 0 aliphatic rings. The second-order valence-corrected chi connectivity index (χ2v) is 3.08. The van der Waals surface area contributed by atoms with E-state index >= 15 is 0 Å². The number of hydrogen-bond donors (Lipinski definition) is 2. The van der Waals surface area contributed by atoms with Crippen molar-refractivity contribution >= 4 is 11.7 Å². The van der Waals surface area contributed by atoms with Crippen LogP contribution in [0.3, 0.4) is 0 Å². The first-order valence-corrected chi connectivity index (χ1v) is 4.31. The Bertz CT molecular complexity index is 350. The molecule has 0 aromatic heterocycles. The fraction of sp³-hybridized carbons (Fsp3) is 0.300. The van der Waals surface area contributed by atoms with Gasteiger partial charge in [0.05, 0.1) is 0 Å². The molecule has 0 aliphatic heterocycles. The van der Waals surface area contributed by atoms with Gasteiger partial charge in [0.2, 0.25) is 0 Å². The van der Waals surface area contributed by atoms with Crippen molar-refractivity contribution in [2.45, 2.75) is 6.92 Å². The lowest BCUT2D eigenvalue weighted by molar-refractivity contribution is 0.249. The molecule has 1 rings (SSSR count). The second kappa shape index (κ2) is 4.00. The van der Waals surface area contributed by atoms with Crippen LogP contribution in [0.15, 0.2) is 18.2 Å². The molecule has 0 heterocycles. The summed E-state index contributed by atoms with van der Waals surface area (Å²) in [5, 5.41) is 11.7. The fourth-order valence-corrected chi connectivity index (χ4v) is 1.29. The van der Waals surface area contributed by atoms with Crippen LogP contribution in [-0.4, -0.2) is 25.2 Å². The van der Waals surface area contributed by atoms with Crippen molar-refractivity contribution in [1.82, 2.24) is 5.32 Å². The number of nitrogens with zero attached hydrogens (tertiary/aromatic N) is 1. The van der Waals surface area contributed by atoms with Gasteiger partial charge in [-0.2, -0.15) is 0 Å². The van der Waals surface area contributed by atoms with E-state index < -0.39 is 0 Å². The summed E-state index contributed by atoms with van der Waals surface area (Å²) in [6.07, 6.45) is 0. The number of urea groups is 1. The monoisotopic (exact) mass is 194 g/mol. The van der Waals surface area contributed by atoms with E-state index in [1.807, 2.05) is 6.92 Å². The molecule has 14 heavy (non-hydrogen) atoms. The molecule has 0 aliphatic carbocycles. The van der Waals surface area contributed by atoms with Crippen LogP contribution in [-0.2, 0) is 0 Å². The highest BCUT2D eigenvalue weighted by molar-refractivity contribution is 5.92. The standard InChI is InChI=1S/C10H14N2O2/c1-7-6-8(13)4-5-9(7)12(3)10(14)11-2/h4-6,13H,1-3H3,(H,11,14). The van der Waals surface area contributed by atoms with Gasteiger partial charge >= 0.3 is 6.03 Å². The van der Waals surface area contributed by atoms with Crippen LogP contribution >= 0.6 is 0 Å². The van der Waals surface area contributed by atoms with Crippen molar-refractivity contribution < 1.29 is 9.90 Å². The number of phenols is 1. The summed E-state index contributed by atoms with van der Waals surface area (Å²) in [5.41, 5.74) is 1.64. The normalized spacial score (nSPS) is 9.64. The van der Waals surface area contributed by atoms with Gasteiger partial charge in [0.15, 0.2) is 0 Å². The number of hydrogen-bond acceptors (Lipinski definition) is 2. The molecule has 4 nitrogen and oxygen atoms in total. The molecule has 0 saturated carbocycles. The lowest BCUT2D eigenvalue weighted by Crippen LogP contribution is -2.35. The van der Waals surface area contributed by atoms with Gasteiger partial charge in [0.25, 0.3) is 0 Å². The van der Waals surface area contributed by atoms with E-state index in [4.69, 9.17) is 0 Å². The number of aryl methyl sites for hydroxylation is 1. The Morgan fingerprint density at radius 3 is 2.64 bits per heavy atom. The maximum Gasteiger partial charge on any atom is 0.321 e. The van der Waals surface area contributed by atoms with Crippen LogP contribution in [0.25, 0.3) is 0 Å². The van der Waals surface area contributed by atoms with Crippen molar-refractivity contribution in [1.29, 1.82) is 0 Å². The van der Waals surface area contributed by atoms with Crippen molar-refractivity contribution in [2.24, 2.45) is 0 Å². The van der Waals surface area contributed by atoms with Gasteiger partial charge in [-0.1, -0.05) is 0 Å². The molecule has 2 amide bonds. The minimum Gasteiger partial charge on any atom is -0.508 e. The Hall–Kier alpha value is -1.71. The number of amides is 2. The zero-order chi connectivity index (χ0) is 10.7. The molecule has 0 spiro atoms. The molecule has 0 fully saturated rings. The second-order valence-electron chi connectivity index (χ2n) is 3.08. The van der Waals surface area contributed by atoms with Crippen LogP contribution in [0.4, 0.5) is 10.5 Å². The third kappa shape index (κ3) is 1.96. The molecular formula is C10H14N2O2. The van der Waals surface area contributed by atoms with E-state index in [0.717, 1.165) is 11.3 Å². The lowest BCUT2D eigenvalue weighted by Gasteiger charge is -2.18. The maximum absolute atomic E-state index is 11.3. The topological polar surface area (TPSA) is 52.6 Å². The summed E-state index contributed by atoms with van der Waals surface area (Å²) >= 11 is 0. The number of carbonyl (C=O) groups is 1. The number of aromatic hydroxyl groups is 1. The summed E-state index contributed by atoms with van der Waals surface area (Å²) in [5.74, 6) is 0.205. The Balaban J connectivity index is 3.01. The van der Waals surface area contributed by atoms with Crippen LogP contribution in [0.2, 0.25) is 0 Å². The van der Waals surface area contributed by atoms with Gasteiger partial charge in [-0.15, -0.1) is 0 Å². The molecule has 76 valence electrons. The Labute approximate surface area is 83.2 Å². The predicted octanol–water partition coefficient (Wildman–Crippen LogP) is 1.48. The van der Waals surface area contributed by atoms with E-state index in [1.165, 1.54) is 4.90 Å². The highest BCUT2D eigenvalue weighted by Gasteiger charge is 2.10. The Morgan fingerprint density at radius 1 is 1.50 bits per heavy atom. The smallest absolute Gasteiger partial charge is 0.321 e. The largest absolute Gasteiger partial charge is 0.508 e. The van der Waals surface area contributed by atoms with Crippen LogP contribution < -0.4 is 10.2 Å². The van der Waals surface area contributed by atoms with E-state index in [0.29, 0.717) is 0 Å². The number of benzene rings is 1. The molecule has 2 N–H and O–H groups in total. The van der Waals surface area contributed by atoms with E-state index in [1.54, 1.807) is 32.3 Å². The van der Waals surface area contributed by atoms with E-state index in [-0.39, 0.29) is 11.8 Å². The zero-order valence-corrected chi connectivity index (χ0v) is 8.53. The Kier molecular flexibility index (Phi) is 2.96. The summed E-state index contributed by atoms with van der Waals surface area (Å²) in [6.45, 7) is 1.84. The molecule has 1 aromatic carbocycles. The molecule has 0 radical (unpaired) electrons. The van der Waals surface area contributed by atoms with Gasteiger partial charge in [0, 0.05) is 19.8 Å². The number of rotatable bonds is 1. The van der Waals surface area contributed by atoms with Crippen LogP contribution in [0, 0.1) is 6.92 Å². The Morgan fingerprint density at radius 2 is 2.14 bits per heavy atom. The van der Waals surface area contributed by atoms with Gasteiger partial charge in [0.1, 0.15) is 5.75 Å². The highest BCUT2D eigenvalue weighted by Crippen LogP contribution is 2.22.